The van der Waals surface area contributed by atoms with E-state index >= 15 is 0 Å². The second-order valence-electron chi connectivity index (χ2n) is 7.71. The molecule has 162 valence electrons. The van der Waals surface area contributed by atoms with Gasteiger partial charge in [0, 0.05) is 24.2 Å². The lowest BCUT2D eigenvalue weighted by molar-refractivity contribution is 0.178. The van der Waals surface area contributed by atoms with Gasteiger partial charge >= 0.3 is 0 Å². The van der Waals surface area contributed by atoms with Gasteiger partial charge in [0.2, 0.25) is 5.82 Å². The SMILES string of the molecule is CC(C)N(C(C)C)P(OCc1c(F)c(F)c(F)c(F)c1F)N(C(C)C)C(C)C. The van der Waals surface area contributed by atoms with E-state index in [1.54, 1.807) is 0 Å². The summed E-state index contributed by atoms with van der Waals surface area (Å²) in [6.07, 6.45) is 0. The molecule has 0 saturated carbocycles. The van der Waals surface area contributed by atoms with Crippen LogP contribution in [0.15, 0.2) is 0 Å². The number of hydrogen-bond acceptors (Lipinski definition) is 3. The molecule has 0 amide bonds. The zero-order valence-electron chi connectivity index (χ0n) is 17.7. The number of nitrogens with zero attached hydrogens (tertiary/aromatic N) is 2. The van der Waals surface area contributed by atoms with Crippen molar-refractivity contribution in [3.05, 3.63) is 34.6 Å². The molecule has 0 aliphatic heterocycles. The first-order valence-corrected chi connectivity index (χ1v) is 10.5. The van der Waals surface area contributed by atoms with E-state index in [0.29, 0.717) is 0 Å². The number of halogens is 5. The normalized spacial score (nSPS) is 12.9. The van der Waals surface area contributed by atoms with E-state index in [9.17, 15) is 22.0 Å². The van der Waals surface area contributed by atoms with Crippen molar-refractivity contribution < 1.29 is 26.5 Å². The van der Waals surface area contributed by atoms with Crippen LogP contribution in [0, 0.1) is 29.1 Å². The van der Waals surface area contributed by atoms with Gasteiger partial charge < -0.3 is 4.52 Å². The van der Waals surface area contributed by atoms with Crippen molar-refractivity contribution in [1.29, 1.82) is 0 Å². The molecule has 0 bridgehead atoms. The first-order valence-electron chi connectivity index (χ1n) is 9.32. The summed E-state index contributed by atoms with van der Waals surface area (Å²) in [5.74, 6) is -9.80. The number of rotatable bonds is 9. The third kappa shape index (κ3) is 5.41. The van der Waals surface area contributed by atoms with Gasteiger partial charge in [-0.25, -0.2) is 31.3 Å². The molecule has 0 fully saturated rings. The molecule has 0 heterocycles. The van der Waals surface area contributed by atoms with Crippen LogP contribution in [0.4, 0.5) is 22.0 Å². The van der Waals surface area contributed by atoms with Crippen molar-refractivity contribution in [3.63, 3.8) is 0 Å². The molecule has 28 heavy (non-hydrogen) atoms. The minimum absolute atomic E-state index is 0.0440. The molecule has 3 nitrogen and oxygen atoms in total. The molecule has 9 heteroatoms. The molecule has 0 unspecified atom stereocenters. The topological polar surface area (TPSA) is 15.7 Å². The molecular weight excluding hydrogens is 398 g/mol. The predicted octanol–water partition coefficient (Wildman–Crippen LogP) is 6.36. The molecule has 0 N–H and O–H groups in total. The largest absolute Gasteiger partial charge is 0.326 e. The minimum Gasteiger partial charge on any atom is -0.326 e. The van der Waals surface area contributed by atoms with E-state index < -0.39 is 49.7 Å². The molecule has 0 aliphatic rings. The van der Waals surface area contributed by atoms with Gasteiger partial charge in [-0.2, -0.15) is 0 Å². The molecule has 1 rings (SSSR count). The molecule has 0 aliphatic carbocycles. The summed E-state index contributed by atoms with van der Waals surface area (Å²) < 4.78 is 78.5. The number of benzene rings is 1. The number of hydrogen-bond donors (Lipinski definition) is 0. The van der Waals surface area contributed by atoms with Crippen LogP contribution < -0.4 is 0 Å². The van der Waals surface area contributed by atoms with E-state index in [-0.39, 0.29) is 24.2 Å². The highest BCUT2D eigenvalue weighted by Crippen LogP contribution is 2.51. The van der Waals surface area contributed by atoms with E-state index in [4.69, 9.17) is 4.52 Å². The fourth-order valence-corrected chi connectivity index (χ4v) is 5.47. The van der Waals surface area contributed by atoms with Gasteiger partial charge in [-0.3, -0.25) is 0 Å². The fourth-order valence-electron chi connectivity index (χ4n) is 3.13. The zero-order chi connectivity index (χ0) is 21.9. The lowest BCUT2D eigenvalue weighted by Gasteiger charge is -2.45. The van der Waals surface area contributed by atoms with Crippen molar-refractivity contribution in [2.45, 2.75) is 86.2 Å². The maximum Gasteiger partial charge on any atom is 0.200 e. The van der Waals surface area contributed by atoms with Gasteiger partial charge in [-0.05, 0) is 55.4 Å². The predicted molar refractivity (Wildman–Crippen MR) is 102 cm³/mol. The average Bonchev–Trinajstić information content (AvgIpc) is 2.56. The lowest BCUT2D eigenvalue weighted by atomic mass is 10.2. The molecule has 1 aromatic carbocycles. The van der Waals surface area contributed by atoms with E-state index in [1.807, 2.05) is 55.4 Å². The standard InChI is InChI=1S/C19H30F5N2OP/c1-10(2)25(11(3)4)28(26(12(5)6)13(7)8)27-9-14-15(20)17(22)19(24)18(23)16(14)21/h10-13H,9H2,1-8H3. The first kappa shape index (κ1) is 25.2. The highest BCUT2D eigenvalue weighted by molar-refractivity contribution is 7.47. The zero-order valence-corrected chi connectivity index (χ0v) is 18.6. The van der Waals surface area contributed by atoms with Crippen LogP contribution in [0.1, 0.15) is 61.0 Å². The van der Waals surface area contributed by atoms with Crippen molar-refractivity contribution in [2.24, 2.45) is 0 Å². The monoisotopic (exact) mass is 428 g/mol. The Hall–Kier alpha value is -0.820. The summed E-state index contributed by atoms with van der Waals surface area (Å²) in [6, 6.07) is 0.176. The van der Waals surface area contributed by atoms with Crippen LogP contribution in [0.2, 0.25) is 0 Å². The Morgan fingerprint density at radius 1 is 0.607 bits per heavy atom. The van der Waals surface area contributed by atoms with Crippen LogP contribution in [0.5, 0.6) is 0 Å². The molecular formula is C19H30F5N2OP. The third-order valence-electron chi connectivity index (χ3n) is 4.14. The van der Waals surface area contributed by atoms with Gasteiger partial charge in [0.25, 0.3) is 0 Å². The summed E-state index contributed by atoms with van der Waals surface area (Å²) in [4.78, 5) is 0. The molecule has 0 atom stereocenters. The average molecular weight is 428 g/mol. The smallest absolute Gasteiger partial charge is 0.200 e. The van der Waals surface area contributed by atoms with E-state index in [0.717, 1.165) is 0 Å². The molecule has 0 saturated heterocycles. The van der Waals surface area contributed by atoms with Crippen molar-refractivity contribution >= 4 is 8.45 Å². The maximum atomic E-state index is 14.1. The summed E-state index contributed by atoms with van der Waals surface area (Å²) in [7, 11) is -1.53. The van der Waals surface area contributed by atoms with Gasteiger partial charge in [0.15, 0.2) is 31.7 Å². The van der Waals surface area contributed by atoms with Crippen LogP contribution in [0.3, 0.4) is 0 Å². The summed E-state index contributed by atoms with van der Waals surface area (Å²) in [5.41, 5.74) is -0.955. The van der Waals surface area contributed by atoms with Crippen molar-refractivity contribution in [3.8, 4) is 0 Å². The summed E-state index contributed by atoms with van der Waals surface area (Å²) in [6.45, 7) is 15.0. The third-order valence-corrected chi connectivity index (χ3v) is 7.13. The molecule has 1 aromatic rings. The van der Waals surface area contributed by atoms with Gasteiger partial charge in [0.05, 0.1) is 12.2 Å². The second kappa shape index (κ2) is 10.3. The Kier molecular flexibility index (Phi) is 9.26. The highest BCUT2D eigenvalue weighted by atomic mass is 31.2. The highest BCUT2D eigenvalue weighted by Gasteiger charge is 2.35. The minimum atomic E-state index is -2.17. The van der Waals surface area contributed by atoms with E-state index in [1.165, 1.54) is 0 Å². The van der Waals surface area contributed by atoms with E-state index in [2.05, 4.69) is 9.34 Å². The van der Waals surface area contributed by atoms with Crippen LogP contribution in [-0.2, 0) is 11.1 Å². The first-order chi connectivity index (χ1) is 12.8. The Morgan fingerprint density at radius 2 is 0.893 bits per heavy atom. The fraction of sp³-hybridized carbons (Fsp3) is 0.684. The lowest BCUT2D eigenvalue weighted by Crippen LogP contribution is -2.43. The Balaban J connectivity index is 3.36. The maximum absolute atomic E-state index is 14.1. The Labute approximate surface area is 165 Å². The van der Waals surface area contributed by atoms with Gasteiger partial charge in [0.1, 0.15) is 0 Å². The Morgan fingerprint density at radius 3 is 1.18 bits per heavy atom. The molecule has 0 spiro atoms. The summed E-state index contributed by atoms with van der Waals surface area (Å²) >= 11 is 0. The van der Waals surface area contributed by atoms with Crippen LogP contribution >= 0.6 is 8.45 Å². The van der Waals surface area contributed by atoms with Gasteiger partial charge in [-0.15, -0.1) is 0 Å². The van der Waals surface area contributed by atoms with Crippen molar-refractivity contribution in [2.75, 3.05) is 0 Å². The van der Waals surface area contributed by atoms with Crippen molar-refractivity contribution in [1.82, 2.24) is 9.34 Å². The van der Waals surface area contributed by atoms with Gasteiger partial charge in [-0.1, -0.05) is 0 Å². The second-order valence-corrected chi connectivity index (χ2v) is 9.40. The van der Waals surface area contributed by atoms with Crippen LogP contribution in [-0.4, -0.2) is 33.5 Å². The Bertz CT molecular complexity index is 605. The molecule has 0 radical (unpaired) electrons. The quantitative estimate of drug-likeness (QED) is 0.197. The summed E-state index contributed by atoms with van der Waals surface area (Å²) in [5, 5.41) is 0. The molecule has 0 aromatic heterocycles. The van der Waals surface area contributed by atoms with Crippen LogP contribution in [0.25, 0.3) is 0 Å².